The smallest absolute Gasteiger partial charge is 0.299 e. The van der Waals surface area contributed by atoms with E-state index >= 15 is 0 Å². The Morgan fingerprint density at radius 2 is 1.67 bits per heavy atom. The average molecular weight is 292 g/mol. The van der Waals surface area contributed by atoms with Gasteiger partial charge < -0.3 is 0 Å². The minimum absolute atomic E-state index is 0. The summed E-state index contributed by atoms with van der Waals surface area (Å²) in [7, 11) is 0. The van der Waals surface area contributed by atoms with Crippen molar-refractivity contribution in [2.75, 3.05) is 0 Å². The SMILES string of the molecule is CC(=O)C(Cc1ccccc1)C(=O)C(F)(F)F.[Ti]. The maximum Gasteiger partial charge on any atom is 0.450 e. The molecule has 0 aliphatic rings. The van der Waals surface area contributed by atoms with Crippen molar-refractivity contribution in [1.82, 2.24) is 0 Å². The summed E-state index contributed by atoms with van der Waals surface area (Å²) in [6, 6.07) is 8.16. The van der Waals surface area contributed by atoms with Crippen LogP contribution in [0.1, 0.15) is 12.5 Å². The molecule has 2 nitrogen and oxygen atoms in total. The molecule has 1 unspecified atom stereocenters. The Hall–Kier alpha value is -0.936. The zero-order valence-corrected chi connectivity index (χ0v) is 11.2. The standard InChI is InChI=1S/C12H11F3O2.Ti/c1-8(16)10(11(17)12(13,14)15)7-9-5-3-2-4-6-9;/h2-6,10H,7H2,1H3;. The van der Waals surface area contributed by atoms with E-state index in [-0.39, 0.29) is 28.1 Å². The summed E-state index contributed by atoms with van der Waals surface area (Å²) in [6.07, 6.45) is -5.18. The van der Waals surface area contributed by atoms with Gasteiger partial charge in [0.05, 0.1) is 5.92 Å². The van der Waals surface area contributed by atoms with Gasteiger partial charge in [0.25, 0.3) is 0 Å². The second-order valence-electron chi connectivity index (χ2n) is 3.71. The van der Waals surface area contributed by atoms with Gasteiger partial charge in [-0.1, -0.05) is 30.3 Å². The number of halogens is 3. The number of ketones is 2. The van der Waals surface area contributed by atoms with E-state index in [9.17, 15) is 22.8 Å². The number of hydrogen-bond donors (Lipinski definition) is 0. The molecular formula is C12H11F3O2Ti. The fourth-order valence-electron chi connectivity index (χ4n) is 1.47. The monoisotopic (exact) mass is 292 g/mol. The molecule has 1 atom stereocenters. The van der Waals surface area contributed by atoms with Crippen LogP contribution in [0.15, 0.2) is 30.3 Å². The van der Waals surface area contributed by atoms with E-state index in [1.807, 2.05) is 0 Å². The van der Waals surface area contributed by atoms with Gasteiger partial charge in [0.1, 0.15) is 5.78 Å². The summed E-state index contributed by atoms with van der Waals surface area (Å²) in [5.41, 5.74) is 0.533. The normalized spacial score (nSPS) is 12.4. The maximum atomic E-state index is 12.3. The first kappa shape index (κ1) is 17.1. The molecular weight excluding hydrogens is 281 g/mol. The first-order valence-electron chi connectivity index (χ1n) is 4.98. The molecule has 0 fully saturated rings. The molecule has 1 aromatic rings. The van der Waals surface area contributed by atoms with Crippen LogP contribution >= 0.6 is 0 Å². The van der Waals surface area contributed by atoms with Gasteiger partial charge in [-0.05, 0) is 18.9 Å². The molecule has 1 aromatic carbocycles. The Balaban J connectivity index is 0.00000289. The number of alkyl halides is 3. The van der Waals surface area contributed by atoms with Gasteiger partial charge in [-0.15, -0.1) is 0 Å². The molecule has 6 heteroatoms. The Bertz CT molecular complexity index is 415. The van der Waals surface area contributed by atoms with E-state index in [0.29, 0.717) is 5.56 Å². The van der Waals surface area contributed by atoms with Crippen LogP contribution in [-0.2, 0) is 37.7 Å². The van der Waals surface area contributed by atoms with Crippen molar-refractivity contribution in [1.29, 1.82) is 0 Å². The second-order valence-corrected chi connectivity index (χ2v) is 3.71. The predicted octanol–water partition coefficient (Wildman–Crippen LogP) is 2.56. The van der Waals surface area contributed by atoms with Crippen LogP contribution in [0.4, 0.5) is 13.2 Å². The minimum Gasteiger partial charge on any atom is -0.299 e. The number of rotatable bonds is 4. The van der Waals surface area contributed by atoms with Gasteiger partial charge in [0.2, 0.25) is 5.78 Å². The molecule has 0 N–H and O–H groups in total. The molecule has 0 saturated heterocycles. The van der Waals surface area contributed by atoms with Gasteiger partial charge in [0, 0.05) is 21.7 Å². The molecule has 0 radical (unpaired) electrons. The molecule has 0 aromatic heterocycles. The van der Waals surface area contributed by atoms with Gasteiger partial charge >= 0.3 is 6.18 Å². The summed E-state index contributed by atoms with van der Waals surface area (Å²) >= 11 is 0. The molecule has 0 saturated carbocycles. The predicted molar refractivity (Wildman–Crippen MR) is 55.4 cm³/mol. The zero-order chi connectivity index (χ0) is 13.1. The Labute approximate surface area is 117 Å². The summed E-state index contributed by atoms with van der Waals surface area (Å²) in [6.45, 7) is 0.997. The molecule has 0 bridgehead atoms. The van der Waals surface area contributed by atoms with Crippen molar-refractivity contribution in [3.8, 4) is 0 Å². The second kappa shape index (κ2) is 6.85. The topological polar surface area (TPSA) is 34.1 Å². The van der Waals surface area contributed by atoms with Crippen molar-refractivity contribution in [2.24, 2.45) is 5.92 Å². The Kier molecular flexibility index (Phi) is 6.50. The molecule has 1 rings (SSSR count). The molecule has 0 aliphatic carbocycles. The zero-order valence-electron chi connectivity index (χ0n) is 9.62. The number of benzene rings is 1. The third-order valence-corrected chi connectivity index (χ3v) is 2.37. The van der Waals surface area contributed by atoms with E-state index in [0.717, 1.165) is 6.92 Å². The Morgan fingerprint density at radius 1 is 1.17 bits per heavy atom. The van der Waals surface area contributed by atoms with Crippen LogP contribution in [0.5, 0.6) is 0 Å². The van der Waals surface area contributed by atoms with Gasteiger partial charge in [-0.2, -0.15) is 13.2 Å². The van der Waals surface area contributed by atoms with Crippen LogP contribution in [0, 0.1) is 5.92 Å². The molecule has 18 heavy (non-hydrogen) atoms. The van der Waals surface area contributed by atoms with E-state index in [4.69, 9.17) is 0 Å². The number of hydrogen-bond acceptors (Lipinski definition) is 2. The quantitative estimate of drug-likeness (QED) is 0.631. The van der Waals surface area contributed by atoms with Gasteiger partial charge in [0.15, 0.2) is 0 Å². The fourth-order valence-corrected chi connectivity index (χ4v) is 1.47. The number of carbonyl (C=O) groups is 2. The minimum atomic E-state index is -4.97. The number of Topliss-reactive ketones (excluding diaryl/α,β-unsaturated/α-hetero) is 2. The molecule has 0 aliphatic heterocycles. The largest absolute Gasteiger partial charge is 0.450 e. The summed E-state index contributed by atoms with van der Waals surface area (Å²) in [4.78, 5) is 22.2. The van der Waals surface area contributed by atoms with Crippen LogP contribution in [0.3, 0.4) is 0 Å². The Morgan fingerprint density at radius 3 is 2.06 bits per heavy atom. The van der Waals surface area contributed by atoms with Crippen LogP contribution in [0.2, 0.25) is 0 Å². The van der Waals surface area contributed by atoms with Crippen molar-refractivity contribution in [3.63, 3.8) is 0 Å². The third kappa shape index (κ3) is 4.74. The third-order valence-electron chi connectivity index (χ3n) is 2.37. The fraction of sp³-hybridized carbons (Fsp3) is 0.333. The van der Waals surface area contributed by atoms with E-state index in [1.165, 1.54) is 0 Å². The number of carbonyl (C=O) groups excluding carboxylic acids is 2. The van der Waals surface area contributed by atoms with E-state index in [2.05, 4.69) is 0 Å². The first-order chi connectivity index (χ1) is 7.82. The van der Waals surface area contributed by atoms with Crippen LogP contribution < -0.4 is 0 Å². The first-order valence-corrected chi connectivity index (χ1v) is 4.98. The van der Waals surface area contributed by atoms with Crippen LogP contribution in [0.25, 0.3) is 0 Å². The maximum absolute atomic E-state index is 12.3. The summed E-state index contributed by atoms with van der Waals surface area (Å²) < 4.78 is 36.8. The van der Waals surface area contributed by atoms with E-state index in [1.54, 1.807) is 30.3 Å². The molecule has 0 spiro atoms. The summed E-state index contributed by atoms with van der Waals surface area (Å²) in [5, 5.41) is 0. The van der Waals surface area contributed by atoms with Gasteiger partial charge in [-0.25, -0.2) is 0 Å². The molecule has 0 heterocycles. The van der Waals surface area contributed by atoms with Crippen LogP contribution in [-0.4, -0.2) is 17.7 Å². The average Bonchev–Trinajstić information content (AvgIpc) is 2.24. The molecule has 96 valence electrons. The van der Waals surface area contributed by atoms with Crippen molar-refractivity contribution < 1.29 is 44.5 Å². The van der Waals surface area contributed by atoms with Gasteiger partial charge in [-0.3, -0.25) is 9.59 Å². The van der Waals surface area contributed by atoms with E-state index < -0.39 is 23.7 Å². The van der Waals surface area contributed by atoms with Crippen molar-refractivity contribution >= 4 is 11.6 Å². The summed E-state index contributed by atoms with van der Waals surface area (Å²) in [5.74, 6) is -4.39. The van der Waals surface area contributed by atoms with Crippen molar-refractivity contribution in [3.05, 3.63) is 35.9 Å². The van der Waals surface area contributed by atoms with Crippen molar-refractivity contribution in [2.45, 2.75) is 19.5 Å². The molecule has 0 amide bonds.